The highest BCUT2D eigenvalue weighted by Crippen LogP contribution is 2.26. The molecule has 0 bridgehead atoms. The number of halogens is 1. The molecule has 0 N–H and O–H groups in total. The van der Waals surface area contributed by atoms with Crippen molar-refractivity contribution in [2.75, 3.05) is 6.61 Å². The normalized spacial score (nSPS) is 11.9. The molecule has 4 heteroatoms. The van der Waals surface area contributed by atoms with Crippen LogP contribution < -0.4 is 4.74 Å². The predicted molar refractivity (Wildman–Crippen MR) is 57.5 cm³/mol. The Kier molecular flexibility index (Phi) is 3.90. The standard InChI is InChI=1S/C10H11BrN2O/c1-3-14-10-4-8(7(2)11)6-13-9(10)5-12/h4,6-7H,3H2,1-2H3. The summed E-state index contributed by atoms with van der Waals surface area (Å²) < 4.78 is 5.31. The number of rotatable bonds is 3. The largest absolute Gasteiger partial charge is 0.491 e. The molecule has 14 heavy (non-hydrogen) atoms. The van der Waals surface area contributed by atoms with E-state index in [4.69, 9.17) is 10.00 Å². The Balaban J connectivity index is 3.09. The minimum Gasteiger partial charge on any atom is -0.491 e. The van der Waals surface area contributed by atoms with Gasteiger partial charge in [-0.2, -0.15) is 5.26 Å². The number of hydrogen-bond acceptors (Lipinski definition) is 3. The molecule has 0 saturated heterocycles. The van der Waals surface area contributed by atoms with E-state index >= 15 is 0 Å². The average Bonchev–Trinajstić information content (AvgIpc) is 2.18. The predicted octanol–water partition coefficient (Wildman–Crippen LogP) is 2.81. The van der Waals surface area contributed by atoms with Gasteiger partial charge in [0.25, 0.3) is 0 Å². The first-order valence-electron chi connectivity index (χ1n) is 4.36. The topological polar surface area (TPSA) is 45.9 Å². The summed E-state index contributed by atoms with van der Waals surface area (Å²) in [5.41, 5.74) is 1.34. The molecular weight excluding hydrogens is 244 g/mol. The van der Waals surface area contributed by atoms with E-state index in [1.165, 1.54) is 0 Å². The molecule has 0 spiro atoms. The van der Waals surface area contributed by atoms with Gasteiger partial charge >= 0.3 is 0 Å². The van der Waals surface area contributed by atoms with Crippen molar-refractivity contribution in [2.45, 2.75) is 18.7 Å². The van der Waals surface area contributed by atoms with Gasteiger partial charge in [0.1, 0.15) is 6.07 Å². The highest BCUT2D eigenvalue weighted by Gasteiger charge is 2.08. The fourth-order valence-corrected chi connectivity index (χ4v) is 1.28. The first kappa shape index (κ1) is 11.0. The second-order valence-corrected chi connectivity index (χ2v) is 4.15. The summed E-state index contributed by atoms with van der Waals surface area (Å²) >= 11 is 3.44. The molecule has 74 valence electrons. The highest BCUT2D eigenvalue weighted by atomic mass is 79.9. The molecule has 1 heterocycles. The molecule has 0 aliphatic heterocycles. The van der Waals surface area contributed by atoms with E-state index in [-0.39, 0.29) is 4.83 Å². The van der Waals surface area contributed by atoms with Gasteiger partial charge in [-0.15, -0.1) is 0 Å². The van der Waals surface area contributed by atoms with Crippen LogP contribution in [0.15, 0.2) is 12.3 Å². The lowest BCUT2D eigenvalue weighted by atomic mass is 10.2. The van der Waals surface area contributed by atoms with E-state index in [0.29, 0.717) is 18.1 Å². The summed E-state index contributed by atoms with van der Waals surface area (Å²) in [5, 5.41) is 8.77. The molecule has 1 aromatic heterocycles. The molecule has 0 amide bonds. The van der Waals surface area contributed by atoms with Crippen LogP contribution in [0.3, 0.4) is 0 Å². The Morgan fingerprint density at radius 1 is 1.71 bits per heavy atom. The van der Waals surface area contributed by atoms with Gasteiger partial charge in [-0.3, -0.25) is 0 Å². The average molecular weight is 255 g/mol. The Labute approximate surface area is 91.8 Å². The van der Waals surface area contributed by atoms with Crippen molar-refractivity contribution >= 4 is 15.9 Å². The molecule has 3 nitrogen and oxygen atoms in total. The van der Waals surface area contributed by atoms with Crippen molar-refractivity contribution in [1.82, 2.24) is 4.98 Å². The zero-order valence-corrected chi connectivity index (χ0v) is 9.71. The maximum Gasteiger partial charge on any atom is 0.182 e. The van der Waals surface area contributed by atoms with Gasteiger partial charge in [0.05, 0.1) is 6.61 Å². The van der Waals surface area contributed by atoms with Crippen molar-refractivity contribution in [3.8, 4) is 11.8 Å². The quantitative estimate of drug-likeness (QED) is 0.780. The number of nitriles is 1. The van der Waals surface area contributed by atoms with E-state index in [1.807, 2.05) is 26.0 Å². The summed E-state index contributed by atoms with van der Waals surface area (Å²) in [6.07, 6.45) is 1.68. The van der Waals surface area contributed by atoms with E-state index in [0.717, 1.165) is 5.56 Å². The van der Waals surface area contributed by atoms with E-state index < -0.39 is 0 Å². The van der Waals surface area contributed by atoms with Crippen molar-refractivity contribution in [3.05, 3.63) is 23.5 Å². The molecule has 1 rings (SSSR count). The van der Waals surface area contributed by atoms with Crippen LogP contribution >= 0.6 is 15.9 Å². The number of nitrogens with zero attached hydrogens (tertiary/aromatic N) is 2. The number of alkyl halides is 1. The van der Waals surface area contributed by atoms with Crippen molar-refractivity contribution in [3.63, 3.8) is 0 Å². The molecule has 1 atom stereocenters. The summed E-state index contributed by atoms with van der Waals surface area (Å²) in [4.78, 5) is 4.23. The van der Waals surface area contributed by atoms with Crippen molar-refractivity contribution < 1.29 is 4.74 Å². The fraction of sp³-hybridized carbons (Fsp3) is 0.400. The third-order valence-electron chi connectivity index (χ3n) is 1.74. The van der Waals surface area contributed by atoms with Crippen molar-refractivity contribution in [2.24, 2.45) is 0 Å². The van der Waals surface area contributed by atoms with Gasteiger partial charge in [-0.25, -0.2) is 4.98 Å². The van der Waals surface area contributed by atoms with Gasteiger partial charge in [0.2, 0.25) is 0 Å². The van der Waals surface area contributed by atoms with Crippen LogP contribution in [-0.2, 0) is 0 Å². The van der Waals surface area contributed by atoms with Gasteiger partial charge < -0.3 is 4.74 Å². The lowest BCUT2D eigenvalue weighted by Gasteiger charge is -2.08. The smallest absolute Gasteiger partial charge is 0.182 e. The monoisotopic (exact) mass is 254 g/mol. The molecule has 0 radical (unpaired) electrons. The van der Waals surface area contributed by atoms with Gasteiger partial charge in [-0.05, 0) is 25.5 Å². The Morgan fingerprint density at radius 3 is 2.93 bits per heavy atom. The fourth-order valence-electron chi connectivity index (χ4n) is 1.03. The highest BCUT2D eigenvalue weighted by molar-refractivity contribution is 9.09. The first-order chi connectivity index (χ1) is 6.69. The molecule has 0 fully saturated rings. The van der Waals surface area contributed by atoms with E-state index in [9.17, 15) is 0 Å². The Morgan fingerprint density at radius 2 is 2.43 bits per heavy atom. The van der Waals surface area contributed by atoms with Gasteiger partial charge in [-0.1, -0.05) is 15.9 Å². The third-order valence-corrected chi connectivity index (χ3v) is 2.27. The zero-order chi connectivity index (χ0) is 10.6. The lowest BCUT2D eigenvalue weighted by molar-refractivity contribution is 0.337. The minimum absolute atomic E-state index is 0.210. The van der Waals surface area contributed by atoms with Crippen LogP contribution in [-0.4, -0.2) is 11.6 Å². The van der Waals surface area contributed by atoms with Gasteiger partial charge in [0.15, 0.2) is 11.4 Å². The van der Waals surface area contributed by atoms with Crippen LogP contribution in [0.25, 0.3) is 0 Å². The maximum absolute atomic E-state index is 8.77. The SMILES string of the molecule is CCOc1cc(C(C)Br)cnc1C#N. The van der Waals surface area contributed by atoms with Crippen LogP contribution in [0.5, 0.6) is 5.75 Å². The Bertz CT molecular complexity index is 358. The summed E-state index contributed by atoms with van der Waals surface area (Å²) in [5.74, 6) is 0.554. The number of hydrogen-bond donors (Lipinski definition) is 0. The third kappa shape index (κ3) is 2.46. The van der Waals surface area contributed by atoms with Crippen LogP contribution in [0, 0.1) is 11.3 Å². The van der Waals surface area contributed by atoms with E-state index in [1.54, 1.807) is 6.20 Å². The molecule has 0 aliphatic rings. The second-order valence-electron chi connectivity index (χ2n) is 2.78. The van der Waals surface area contributed by atoms with E-state index in [2.05, 4.69) is 20.9 Å². The van der Waals surface area contributed by atoms with Crippen LogP contribution in [0.1, 0.15) is 29.9 Å². The molecule has 1 unspecified atom stereocenters. The lowest BCUT2D eigenvalue weighted by Crippen LogP contribution is -1.98. The molecule has 1 aromatic rings. The molecule has 0 saturated carbocycles. The number of ether oxygens (including phenoxy) is 1. The van der Waals surface area contributed by atoms with Crippen molar-refractivity contribution in [1.29, 1.82) is 5.26 Å². The first-order valence-corrected chi connectivity index (χ1v) is 5.27. The van der Waals surface area contributed by atoms with Crippen LogP contribution in [0.4, 0.5) is 0 Å². The van der Waals surface area contributed by atoms with Crippen LogP contribution in [0.2, 0.25) is 0 Å². The number of aromatic nitrogens is 1. The molecular formula is C10H11BrN2O. The maximum atomic E-state index is 8.77. The summed E-state index contributed by atoms with van der Waals surface area (Å²) in [6.45, 7) is 4.42. The summed E-state index contributed by atoms with van der Waals surface area (Å²) in [7, 11) is 0. The second kappa shape index (κ2) is 4.97. The van der Waals surface area contributed by atoms with Gasteiger partial charge in [0, 0.05) is 11.0 Å². The molecule has 0 aliphatic carbocycles. The summed E-state index contributed by atoms with van der Waals surface area (Å²) in [6, 6.07) is 3.84. The Hall–Kier alpha value is -1.08. The minimum atomic E-state index is 0.210. The zero-order valence-electron chi connectivity index (χ0n) is 8.12. The number of pyridine rings is 1. The molecule has 0 aromatic carbocycles.